The van der Waals surface area contributed by atoms with E-state index in [9.17, 15) is 4.79 Å². The number of hydrogen-bond donors (Lipinski definition) is 1. The highest BCUT2D eigenvalue weighted by molar-refractivity contribution is 5.76. The van der Waals surface area contributed by atoms with Gasteiger partial charge in [-0.3, -0.25) is 4.79 Å². The minimum absolute atomic E-state index is 0.0844. The predicted molar refractivity (Wildman–Crippen MR) is 70.2 cm³/mol. The fourth-order valence-corrected chi connectivity index (χ4v) is 1.78. The lowest BCUT2D eigenvalue weighted by molar-refractivity contribution is -0.121. The van der Waals surface area contributed by atoms with Crippen molar-refractivity contribution in [3.63, 3.8) is 0 Å². The van der Waals surface area contributed by atoms with Gasteiger partial charge in [0.15, 0.2) is 11.5 Å². The third-order valence-corrected chi connectivity index (χ3v) is 2.59. The highest BCUT2D eigenvalue weighted by Gasteiger charge is 2.07. The molecule has 2 rings (SSSR count). The van der Waals surface area contributed by atoms with Gasteiger partial charge in [-0.15, -0.1) is 0 Å². The molecule has 4 nitrogen and oxygen atoms in total. The lowest BCUT2D eigenvalue weighted by Gasteiger charge is -2.05. The Labute approximate surface area is 106 Å². The summed E-state index contributed by atoms with van der Waals surface area (Å²) < 4.78 is 5.57. The topological polar surface area (TPSA) is 55.1 Å². The van der Waals surface area contributed by atoms with Gasteiger partial charge in [-0.1, -0.05) is 26.0 Å². The van der Waals surface area contributed by atoms with Crippen molar-refractivity contribution in [1.29, 1.82) is 0 Å². The van der Waals surface area contributed by atoms with Gasteiger partial charge in [-0.25, -0.2) is 4.98 Å². The summed E-state index contributed by atoms with van der Waals surface area (Å²) in [6.45, 7) is 4.62. The SMILES string of the molecule is CC(C)CC(=O)NCCc1nc2ccccc2o1. The number of para-hydroxylation sites is 2. The molecule has 0 aliphatic rings. The van der Waals surface area contributed by atoms with E-state index in [2.05, 4.69) is 10.3 Å². The van der Waals surface area contributed by atoms with E-state index in [-0.39, 0.29) is 5.91 Å². The van der Waals surface area contributed by atoms with Crippen LogP contribution in [0.1, 0.15) is 26.2 Å². The Kier molecular flexibility index (Phi) is 3.97. The number of amides is 1. The number of oxazole rings is 1. The molecule has 1 heterocycles. The fraction of sp³-hybridized carbons (Fsp3) is 0.429. The van der Waals surface area contributed by atoms with Gasteiger partial charge < -0.3 is 9.73 Å². The van der Waals surface area contributed by atoms with Gasteiger partial charge in [0.1, 0.15) is 5.52 Å². The molecule has 2 aromatic rings. The lowest BCUT2D eigenvalue weighted by Crippen LogP contribution is -2.26. The normalized spacial score (nSPS) is 11.1. The van der Waals surface area contributed by atoms with E-state index >= 15 is 0 Å². The van der Waals surface area contributed by atoms with Crippen LogP contribution < -0.4 is 5.32 Å². The number of nitrogens with zero attached hydrogens (tertiary/aromatic N) is 1. The molecule has 1 aromatic heterocycles. The van der Waals surface area contributed by atoms with Gasteiger partial charge in [0, 0.05) is 19.4 Å². The van der Waals surface area contributed by atoms with E-state index in [4.69, 9.17) is 4.42 Å². The first-order valence-electron chi connectivity index (χ1n) is 6.26. The third kappa shape index (κ3) is 3.32. The van der Waals surface area contributed by atoms with Crippen LogP contribution in [0, 0.1) is 5.92 Å². The van der Waals surface area contributed by atoms with Crippen LogP contribution in [0.3, 0.4) is 0 Å². The average Bonchev–Trinajstić information content (AvgIpc) is 2.70. The average molecular weight is 246 g/mol. The summed E-state index contributed by atoms with van der Waals surface area (Å²) in [5.41, 5.74) is 1.65. The van der Waals surface area contributed by atoms with Gasteiger partial charge in [-0.05, 0) is 18.1 Å². The smallest absolute Gasteiger partial charge is 0.220 e. The standard InChI is InChI=1S/C14H18N2O2/c1-10(2)9-13(17)15-8-7-14-16-11-5-3-4-6-12(11)18-14/h3-6,10H,7-9H2,1-2H3,(H,15,17). The summed E-state index contributed by atoms with van der Waals surface area (Å²) in [5.74, 6) is 1.14. The minimum Gasteiger partial charge on any atom is -0.441 e. The Morgan fingerprint density at radius 1 is 1.39 bits per heavy atom. The second kappa shape index (κ2) is 5.67. The van der Waals surface area contributed by atoms with Gasteiger partial charge in [-0.2, -0.15) is 0 Å². The number of carbonyl (C=O) groups excluding carboxylic acids is 1. The largest absolute Gasteiger partial charge is 0.441 e. The maximum absolute atomic E-state index is 11.5. The minimum atomic E-state index is 0.0844. The van der Waals surface area contributed by atoms with Crippen LogP contribution >= 0.6 is 0 Å². The summed E-state index contributed by atoms with van der Waals surface area (Å²) in [6.07, 6.45) is 1.19. The molecule has 0 fully saturated rings. The molecule has 0 unspecified atom stereocenters. The van der Waals surface area contributed by atoms with Crippen molar-refractivity contribution >= 4 is 17.0 Å². The Morgan fingerprint density at radius 2 is 2.17 bits per heavy atom. The molecule has 0 saturated carbocycles. The van der Waals surface area contributed by atoms with Crippen molar-refractivity contribution in [2.75, 3.05) is 6.54 Å². The summed E-state index contributed by atoms with van der Waals surface area (Å²) >= 11 is 0. The van der Waals surface area contributed by atoms with Crippen LogP contribution in [0.25, 0.3) is 11.1 Å². The second-order valence-corrected chi connectivity index (χ2v) is 4.77. The van der Waals surface area contributed by atoms with Crippen molar-refractivity contribution in [3.05, 3.63) is 30.2 Å². The molecule has 1 N–H and O–H groups in total. The van der Waals surface area contributed by atoms with E-state index in [0.717, 1.165) is 11.1 Å². The van der Waals surface area contributed by atoms with E-state index < -0.39 is 0 Å². The number of aromatic nitrogens is 1. The van der Waals surface area contributed by atoms with Gasteiger partial charge in [0.2, 0.25) is 5.91 Å². The van der Waals surface area contributed by atoms with Crippen LogP contribution in [0.15, 0.2) is 28.7 Å². The molecule has 0 bridgehead atoms. The molecule has 0 atom stereocenters. The fourth-order valence-electron chi connectivity index (χ4n) is 1.78. The van der Waals surface area contributed by atoms with Crippen molar-refractivity contribution < 1.29 is 9.21 Å². The summed E-state index contributed by atoms with van der Waals surface area (Å²) in [5, 5.41) is 2.87. The zero-order valence-electron chi connectivity index (χ0n) is 10.8. The number of benzene rings is 1. The Bertz CT molecular complexity index is 498. The van der Waals surface area contributed by atoms with Crippen LogP contribution in [-0.2, 0) is 11.2 Å². The number of hydrogen-bond acceptors (Lipinski definition) is 3. The molecule has 0 radical (unpaired) electrons. The first-order valence-corrected chi connectivity index (χ1v) is 6.26. The highest BCUT2D eigenvalue weighted by atomic mass is 16.3. The van der Waals surface area contributed by atoms with E-state index in [0.29, 0.717) is 31.2 Å². The second-order valence-electron chi connectivity index (χ2n) is 4.77. The molecule has 96 valence electrons. The first-order chi connectivity index (χ1) is 8.65. The third-order valence-electron chi connectivity index (χ3n) is 2.59. The van der Waals surface area contributed by atoms with Crippen LogP contribution in [0.2, 0.25) is 0 Å². The Balaban J connectivity index is 1.85. The number of rotatable bonds is 5. The number of fused-ring (bicyclic) bond motifs is 1. The maximum Gasteiger partial charge on any atom is 0.220 e. The van der Waals surface area contributed by atoms with E-state index in [1.165, 1.54) is 0 Å². The molecule has 18 heavy (non-hydrogen) atoms. The quantitative estimate of drug-likeness (QED) is 0.882. The van der Waals surface area contributed by atoms with E-state index in [1.54, 1.807) is 0 Å². The highest BCUT2D eigenvalue weighted by Crippen LogP contribution is 2.14. The predicted octanol–water partition coefficient (Wildman–Crippen LogP) is 2.53. The first kappa shape index (κ1) is 12.6. The Hall–Kier alpha value is -1.84. The molecule has 1 aromatic carbocycles. The van der Waals surface area contributed by atoms with Crippen molar-refractivity contribution in [3.8, 4) is 0 Å². The summed E-state index contributed by atoms with van der Waals surface area (Å²) in [7, 11) is 0. The van der Waals surface area contributed by atoms with Gasteiger partial charge >= 0.3 is 0 Å². The molecule has 0 aliphatic heterocycles. The van der Waals surface area contributed by atoms with Crippen molar-refractivity contribution in [1.82, 2.24) is 10.3 Å². The molecular weight excluding hydrogens is 228 g/mol. The number of carbonyl (C=O) groups is 1. The van der Waals surface area contributed by atoms with Crippen LogP contribution in [0.5, 0.6) is 0 Å². The van der Waals surface area contributed by atoms with Crippen molar-refractivity contribution in [2.45, 2.75) is 26.7 Å². The lowest BCUT2D eigenvalue weighted by atomic mass is 10.1. The van der Waals surface area contributed by atoms with Gasteiger partial charge in [0.05, 0.1) is 0 Å². The number of nitrogens with one attached hydrogen (secondary N) is 1. The van der Waals surface area contributed by atoms with E-state index in [1.807, 2.05) is 38.1 Å². The zero-order valence-corrected chi connectivity index (χ0v) is 10.8. The summed E-state index contributed by atoms with van der Waals surface area (Å²) in [4.78, 5) is 15.8. The maximum atomic E-state index is 11.5. The van der Waals surface area contributed by atoms with Crippen molar-refractivity contribution in [2.24, 2.45) is 5.92 Å². The van der Waals surface area contributed by atoms with Crippen LogP contribution in [0.4, 0.5) is 0 Å². The molecular formula is C14H18N2O2. The Morgan fingerprint density at radius 3 is 2.89 bits per heavy atom. The monoisotopic (exact) mass is 246 g/mol. The van der Waals surface area contributed by atoms with Crippen LogP contribution in [-0.4, -0.2) is 17.4 Å². The summed E-state index contributed by atoms with van der Waals surface area (Å²) in [6, 6.07) is 7.66. The molecule has 0 spiro atoms. The molecule has 0 aliphatic carbocycles. The molecule has 4 heteroatoms. The zero-order chi connectivity index (χ0) is 13.0. The van der Waals surface area contributed by atoms with Gasteiger partial charge in [0.25, 0.3) is 0 Å². The molecule has 0 saturated heterocycles. The molecule has 1 amide bonds.